The van der Waals surface area contributed by atoms with Crippen molar-refractivity contribution in [3.63, 3.8) is 0 Å². The highest BCUT2D eigenvalue weighted by atomic mass is 16.6. The molecule has 148 valence electrons. The lowest BCUT2D eigenvalue weighted by Gasteiger charge is -2.37. The Morgan fingerprint density at radius 3 is 2.79 bits per heavy atom. The zero-order valence-electron chi connectivity index (χ0n) is 16.1. The number of ether oxygens (including phenoxy) is 1. The molecule has 0 aromatic heterocycles. The Labute approximate surface area is 169 Å². The van der Waals surface area contributed by atoms with Gasteiger partial charge in [0.2, 0.25) is 0 Å². The van der Waals surface area contributed by atoms with E-state index in [1.165, 1.54) is 29.3 Å². The number of allylic oxidation sites excluding steroid dienone is 1. The predicted octanol–water partition coefficient (Wildman–Crippen LogP) is 3.21. The maximum Gasteiger partial charge on any atom is 0.270 e. The Morgan fingerprint density at radius 1 is 1.21 bits per heavy atom. The van der Waals surface area contributed by atoms with Crippen LogP contribution in [-0.4, -0.2) is 47.5 Å². The number of nitro groups is 1. The normalized spacial score (nSPS) is 16.8. The average Bonchev–Trinajstić information content (AvgIpc) is 3.21. The highest BCUT2D eigenvalue weighted by molar-refractivity contribution is 5.68. The first-order valence-electron chi connectivity index (χ1n) is 9.70. The van der Waals surface area contributed by atoms with E-state index < -0.39 is 4.92 Å². The van der Waals surface area contributed by atoms with E-state index in [-0.39, 0.29) is 5.69 Å². The molecule has 0 unspecified atom stereocenters. The second-order valence-corrected chi connectivity index (χ2v) is 7.27. The minimum Gasteiger partial charge on any atom is -0.493 e. The van der Waals surface area contributed by atoms with E-state index >= 15 is 0 Å². The van der Waals surface area contributed by atoms with Crippen LogP contribution in [0.2, 0.25) is 0 Å². The van der Waals surface area contributed by atoms with Crippen LogP contribution >= 0.6 is 0 Å². The van der Waals surface area contributed by atoms with Crippen molar-refractivity contribution in [2.75, 3.05) is 32.8 Å². The summed E-state index contributed by atoms with van der Waals surface area (Å²) in [5.74, 6) is 1.00. The van der Waals surface area contributed by atoms with Gasteiger partial charge < -0.3 is 9.64 Å². The number of rotatable bonds is 5. The van der Waals surface area contributed by atoms with Crippen molar-refractivity contribution in [1.29, 1.82) is 5.26 Å². The first-order valence-corrected chi connectivity index (χ1v) is 9.70. The number of nitro benzene ring substituents is 1. The molecular weight excluding hydrogens is 368 g/mol. The summed E-state index contributed by atoms with van der Waals surface area (Å²) >= 11 is 0. The molecule has 29 heavy (non-hydrogen) atoms. The highest BCUT2D eigenvalue weighted by Gasteiger charge is 2.21. The first-order chi connectivity index (χ1) is 14.1. The molecule has 0 bridgehead atoms. The Kier molecular flexibility index (Phi) is 5.45. The molecule has 2 aromatic rings. The molecule has 7 heteroatoms. The van der Waals surface area contributed by atoms with Crippen molar-refractivity contribution in [3.8, 4) is 11.8 Å². The van der Waals surface area contributed by atoms with Crippen LogP contribution in [-0.2, 0) is 13.0 Å². The van der Waals surface area contributed by atoms with E-state index in [0.717, 1.165) is 57.2 Å². The molecule has 0 radical (unpaired) electrons. The molecule has 1 fully saturated rings. The van der Waals surface area contributed by atoms with Crippen LogP contribution in [0.4, 0.5) is 5.69 Å². The summed E-state index contributed by atoms with van der Waals surface area (Å²) < 4.78 is 5.58. The van der Waals surface area contributed by atoms with Gasteiger partial charge in [0, 0.05) is 62.9 Å². The Bertz CT molecular complexity index is 988. The van der Waals surface area contributed by atoms with Crippen LogP contribution in [0.3, 0.4) is 0 Å². The van der Waals surface area contributed by atoms with Gasteiger partial charge in [0.25, 0.3) is 5.69 Å². The van der Waals surface area contributed by atoms with Crippen molar-refractivity contribution >= 4 is 11.4 Å². The second-order valence-electron chi connectivity index (χ2n) is 7.27. The van der Waals surface area contributed by atoms with Gasteiger partial charge in [-0.2, -0.15) is 5.26 Å². The fourth-order valence-corrected chi connectivity index (χ4v) is 3.94. The number of non-ortho nitro benzene ring substituents is 1. The summed E-state index contributed by atoms with van der Waals surface area (Å²) in [6, 6.07) is 15.0. The summed E-state index contributed by atoms with van der Waals surface area (Å²) in [6.45, 7) is 4.92. The maximum absolute atomic E-state index is 11.1. The van der Waals surface area contributed by atoms with Gasteiger partial charge in [-0.3, -0.25) is 15.0 Å². The maximum atomic E-state index is 11.1. The second kappa shape index (κ2) is 8.33. The van der Waals surface area contributed by atoms with Crippen LogP contribution in [0.5, 0.6) is 5.75 Å². The molecule has 4 rings (SSSR count). The number of nitriles is 1. The smallest absolute Gasteiger partial charge is 0.270 e. The fraction of sp³-hybridized carbons (Fsp3) is 0.318. The van der Waals surface area contributed by atoms with Crippen molar-refractivity contribution in [1.82, 2.24) is 9.80 Å². The van der Waals surface area contributed by atoms with Gasteiger partial charge in [0.05, 0.1) is 23.3 Å². The van der Waals surface area contributed by atoms with Crippen LogP contribution in [0.25, 0.3) is 5.70 Å². The average molecular weight is 390 g/mol. The summed E-state index contributed by atoms with van der Waals surface area (Å²) in [6.07, 6.45) is 2.46. The molecule has 1 saturated heterocycles. The number of nitrogens with zero attached hydrogens (tertiary/aromatic N) is 4. The van der Waals surface area contributed by atoms with Crippen molar-refractivity contribution < 1.29 is 9.66 Å². The zero-order valence-corrected chi connectivity index (χ0v) is 16.1. The first kappa shape index (κ1) is 19.0. The van der Waals surface area contributed by atoms with E-state index in [9.17, 15) is 15.4 Å². The van der Waals surface area contributed by atoms with E-state index in [0.29, 0.717) is 5.56 Å². The minimum absolute atomic E-state index is 0.0329. The summed E-state index contributed by atoms with van der Waals surface area (Å²) in [4.78, 5) is 15.2. The number of fused-ring (bicyclic) bond motifs is 1. The zero-order chi connectivity index (χ0) is 20.2. The molecule has 2 aliphatic rings. The monoisotopic (exact) mass is 390 g/mol. The lowest BCUT2D eigenvalue weighted by Crippen LogP contribution is -2.44. The fourth-order valence-electron chi connectivity index (χ4n) is 3.94. The third-order valence-electron chi connectivity index (χ3n) is 5.43. The van der Waals surface area contributed by atoms with E-state index in [2.05, 4.69) is 34.1 Å². The molecule has 0 N–H and O–H groups in total. The topological polar surface area (TPSA) is 82.6 Å². The SMILES string of the molecule is N#C/C=C(\c1cccc([N+](=O)[O-])c1)N1CCN(Cc2ccc3c(c2)CCO3)CC1. The number of benzene rings is 2. The standard InChI is InChI=1S/C22H22N4O3/c23-8-6-21(18-2-1-3-20(15-18)26(27)28)25-11-9-24(10-12-25)16-17-4-5-22-19(14-17)7-13-29-22/h1-6,14-15H,7,9-13,16H2/b21-6+. The molecule has 0 amide bonds. The largest absolute Gasteiger partial charge is 0.493 e. The molecule has 2 heterocycles. The third kappa shape index (κ3) is 4.23. The van der Waals surface area contributed by atoms with Crippen molar-refractivity contribution in [2.45, 2.75) is 13.0 Å². The molecule has 0 spiro atoms. The summed E-state index contributed by atoms with van der Waals surface area (Å²) in [5, 5.41) is 20.3. The van der Waals surface area contributed by atoms with E-state index in [1.807, 2.05) is 6.07 Å². The van der Waals surface area contributed by atoms with Crippen molar-refractivity contribution in [3.05, 3.63) is 75.3 Å². The molecule has 0 aliphatic carbocycles. The van der Waals surface area contributed by atoms with Crippen LogP contribution in [0.1, 0.15) is 16.7 Å². The number of hydrogen-bond donors (Lipinski definition) is 0. The van der Waals surface area contributed by atoms with Crippen LogP contribution < -0.4 is 4.74 Å². The van der Waals surface area contributed by atoms with Gasteiger partial charge in [-0.05, 0) is 17.2 Å². The van der Waals surface area contributed by atoms with Gasteiger partial charge in [-0.25, -0.2) is 0 Å². The highest BCUT2D eigenvalue weighted by Crippen LogP contribution is 2.27. The third-order valence-corrected chi connectivity index (χ3v) is 5.43. The molecule has 0 saturated carbocycles. The molecule has 0 atom stereocenters. The van der Waals surface area contributed by atoms with Gasteiger partial charge in [-0.15, -0.1) is 0 Å². The quantitative estimate of drug-likeness (QED) is 0.443. The van der Waals surface area contributed by atoms with Gasteiger partial charge in [0.1, 0.15) is 5.75 Å². The molecule has 2 aliphatic heterocycles. The Morgan fingerprint density at radius 2 is 2.03 bits per heavy atom. The van der Waals surface area contributed by atoms with E-state index in [4.69, 9.17) is 4.74 Å². The Balaban J connectivity index is 1.42. The van der Waals surface area contributed by atoms with Crippen LogP contribution in [0, 0.1) is 21.4 Å². The van der Waals surface area contributed by atoms with Crippen molar-refractivity contribution in [2.24, 2.45) is 0 Å². The van der Waals surface area contributed by atoms with Gasteiger partial charge in [0.15, 0.2) is 0 Å². The molecular formula is C22H22N4O3. The lowest BCUT2D eigenvalue weighted by molar-refractivity contribution is -0.384. The van der Waals surface area contributed by atoms with Gasteiger partial charge >= 0.3 is 0 Å². The van der Waals surface area contributed by atoms with Gasteiger partial charge in [-0.1, -0.05) is 24.3 Å². The number of piperazine rings is 1. The summed E-state index contributed by atoms with van der Waals surface area (Å²) in [5.41, 5.74) is 4.05. The van der Waals surface area contributed by atoms with E-state index in [1.54, 1.807) is 6.07 Å². The minimum atomic E-state index is -0.410. The molecule has 2 aromatic carbocycles. The summed E-state index contributed by atoms with van der Waals surface area (Å²) in [7, 11) is 0. The van der Waals surface area contributed by atoms with Crippen LogP contribution in [0.15, 0.2) is 48.5 Å². The predicted molar refractivity (Wildman–Crippen MR) is 109 cm³/mol. The molecule has 7 nitrogen and oxygen atoms in total. The Hall–Kier alpha value is -3.37. The number of hydrogen-bond acceptors (Lipinski definition) is 6. The lowest BCUT2D eigenvalue weighted by atomic mass is 10.1.